The summed E-state index contributed by atoms with van der Waals surface area (Å²) in [4.78, 5) is 2.25. The molecule has 1 aromatic carbocycles. The molecule has 0 aliphatic rings. The fourth-order valence-corrected chi connectivity index (χ4v) is 1.81. The van der Waals surface area contributed by atoms with E-state index in [-0.39, 0.29) is 6.10 Å². The van der Waals surface area contributed by atoms with Gasteiger partial charge in [-0.1, -0.05) is 18.2 Å². The van der Waals surface area contributed by atoms with Crippen molar-refractivity contribution in [3.63, 3.8) is 0 Å². The molecule has 0 saturated heterocycles. The lowest BCUT2D eigenvalue weighted by Crippen LogP contribution is -2.29. The monoisotopic (exact) mass is 207 g/mol. The third-order valence-corrected chi connectivity index (χ3v) is 2.51. The number of para-hydroxylation sites is 1. The Balaban J connectivity index is 2.61. The van der Waals surface area contributed by atoms with Crippen LogP contribution in [0, 0.1) is 6.92 Å². The average molecular weight is 207 g/mol. The highest BCUT2D eigenvalue weighted by Gasteiger charge is 2.08. The van der Waals surface area contributed by atoms with Gasteiger partial charge in [-0.25, -0.2) is 0 Å². The molecule has 0 N–H and O–H groups in total. The summed E-state index contributed by atoms with van der Waals surface area (Å²) < 4.78 is 5.53. The van der Waals surface area contributed by atoms with Crippen molar-refractivity contribution in [2.45, 2.75) is 26.9 Å². The first kappa shape index (κ1) is 12.1. The number of likely N-dealkylation sites (N-methyl/N-ethyl adjacent to an activating group) is 1. The maximum atomic E-state index is 5.53. The summed E-state index contributed by atoms with van der Waals surface area (Å²) in [5, 5.41) is 0. The van der Waals surface area contributed by atoms with Crippen molar-refractivity contribution in [2.75, 3.05) is 25.1 Å². The smallest absolute Gasteiger partial charge is 0.0721 e. The van der Waals surface area contributed by atoms with E-state index >= 15 is 0 Å². The minimum atomic E-state index is 0.277. The van der Waals surface area contributed by atoms with Crippen LogP contribution in [0.25, 0.3) is 0 Å². The molecule has 0 bridgehead atoms. The average Bonchev–Trinajstić information content (AvgIpc) is 2.18. The van der Waals surface area contributed by atoms with Crippen molar-refractivity contribution < 1.29 is 4.74 Å². The Morgan fingerprint density at radius 1 is 1.33 bits per heavy atom. The molecule has 0 spiro atoms. The fraction of sp³-hybridized carbons (Fsp3) is 0.538. The number of rotatable bonds is 5. The SMILES string of the molecule is CCOC(C)CN(C)c1ccccc1C. The topological polar surface area (TPSA) is 12.5 Å². The van der Waals surface area contributed by atoms with Crippen LogP contribution in [-0.4, -0.2) is 26.3 Å². The van der Waals surface area contributed by atoms with E-state index in [0.717, 1.165) is 13.2 Å². The van der Waals surface area contributed by atoms with Crippen LogP contribution in [0.15, 0.2) is 24.3 Å². The summed E-state index contributed by atoms with van der Waals surface area (Å²) in [7, 11) is 2.11. The first-order valence-electron chi connectivity index (χ1n) is 5.53. The highest BCUT2D eigenvalue weighted by Crippen LogP contribution is 2.18. The molecule has 1 rings (SSSR count). The Hall–Kier alpha value is -1.02. The van der Waals surface area contributed by atoms with Crippen molar-refractivity contribution in [3.8, 4) is 0 Å². The van der Waals surface area contributed by atoms with Crippen molar-refractivity contribution in [2.24, 2.45) is 0 Å². The van der Waals surface area contributed by atoms with Gasteiger partial charge in [0, 0.05) is 25.9 Å². The molecule has 1 atom stereocenters. The van der Waals surface area contributed by atoms with Gasteiger partial charge in [0.2, 0.25) is 0 Å². The van der Waals surface area contributed by atoms with E-state index in [1.54, 1.807) is 0 Å². The number of nitrogens with zero attached hydrogens (tertiary/aromatic N) is 1. The summed E-state index contributed by atoms with van der Waals surface area (Å²) >= 11 is 0. The lowest BCUT2D eigenvalue weighted by Gasteiger charge is -2.24. The lowest BCUT2D eigenvalue weighted by atomic mass is 10.2. The predicted octanol–water partition coefficient (Wildman–Crippen LogP) is 2.86. The lowest BCUT2D eigenvalue weighted by molar-refractivity contribution is 0.0818. The third kappa shape index (κ3) is 3.56. The molecule has 0 heterocycles. The van der Waals surface area contributed by atoms with E-state index in [9.17, 15) is 0 Å². The third-order valence-electron chi connectivity index (χ3n) is 2.51. The number of anilines is 1. The first-order valence-corrected chi connectivity index (χ1v) is 5.53. The zero-order chi connectivity index (χ0) is 11.3. The molecule has 0 saturated carbocycles. The van der Waals surface area contributed by atoms with Gasteiger partial charge in [0.15, 0.2) is 0 Å². The number of hydrogen-bond donors (Lipinski definition) is 0. The minimum absolute atomic E-state index is 0.277. The quantitative estimate of drug-likeness (QED) is 0.736. The van der Waals surface area contributed by atoms with Gasteiger partial charge in [-0.2, -0.15) is 0 Å². The van der Waals surface area contributed by atoms with Crippen molar-refractivity contribution in [1.29, 1.82) is 0 Å². The predicted molar refractivity (Wildman–Crippen MR) is 65.5 cm³/mol. The molecule has 0 radical (unpaired) electrons. The summed E-state index contributed by atoms with van der Waals surface area (Å²) in [6.45, 7) is 7.99. The largest absolute Gasteiger partial charge is 0.377 e. The Morgan fingerprint density at radius 3 is 2.60 bits per heavy atom. The van der Waals surface area contributed by atoms with E-state index < -0.39 is 0 Å². The number of benzene rings is 1. The molecule has 0 aromatic heterocycles. The fourth-order valence-electron chi connectivity index (χ4n) is 1.81. The Bertz CT molecular complexity index is 298. The Labute approximate surface area is 92.9 Å². The standard InChI is InChI=1S/C13H21NO/c1-5-15-12(3)10-14(4)13-9-7-6-8-11(13)2/h6-9,12H,5,10H2,1-4H3. The van der Waals surface area contributed by atoms with E-state index in [4.69, 9.17) is 4.74 Å². The first-order chi connectivity index (χ1) is 7.15. The maximum Gasteiger partial charge on any atom is 0.0721 e. The van der Waals surface area contributed by atoms with Gasteiger partial charge in [0.05, 0.1) is 6.10 Å². The normalized spacial score (nSPS) is 12.5. The minimum Gasteiger partial charge on any atom is -0.377 e. The number of hydrogen-bond acceptors (Lipinski definition) is 2. The molecule has 0 fully saturated rings. The molecular weight excluding hydrogens is 186 g/mol. The summed E-state index contributed by atoms with van der Waals surface area (Å²) in [6, 6.07) is 8.42. The Morgan fingerprint density at radius 2 is 2.00 bits per heavy atom. The van der Waals surface area contributed by atoms with Crippen molar-refractivity contribution >= 4 is 5.69 Å². The van der Waals surface area contributed by atoms with Crippen LogP contribution in [-0.2, 0) is 4.74 Å². The van der Waals surface area contributed by atoms with Gasteiger partial charge in [0.1, 0.15) is 0 Å². The van der Waals surface area contributed by atoms with Gasteiger partial charge < -0.3 is 9.64 Å². The molecule has 1 aromatic rings. The van der Waals surface area contributed by atoms with E-state index in [1.165, 1.54) is 11.3 Å². The highest BCUT2D eigenvalue weighted by atomic mass is 16.5. The van der Waals surface area contributed by atoms with Crippen LogP contribution in [0.2, 0.25) is 0 Å². The zero-order valence-corrected chi connectivity index (χ0v) is 10.2. The summed E-state index contributed by atoms with van der Waals surface area (Å²) in [6.07, 6.45) is 0.277. The van der Waals surface area contributed by atoms with Crippen molar-refractivity contribution in [3.05, 3.63) is 29.8 Å². The van der Waals surface area contributed by atoms with E-state index in [2.05, 4.69) is 50.1 Å². The van der Waals surface area contributed by atoms with Gasteiger partial charge in [0.25, 0.3) is 0 Å². The number of aryl methyl sites for hydroxylation is 1. The van der Waals surface area contributed by atoms with Crippen LogP contribution in [0.5, 0.6) is 0 Å². The molecule has 84 valence electrons. The zero-order valence-electron chi connectivity index (χ0n) is 10.2. The molecule has 0 aliphatic heterocycles. The molecule has 2 heteroatoms. The second kappa shape index (κ2) is 5.76. The van der Waals surface area contributed by atoms with Crippen LogP contribution in [0.4, 0.5) is 5.69 Å². The van der Waals surface area contributed by atoms with E-state index in [1.807, 2.05) is 6.92 Å². The summed E-state index contributed by atoms with van der Waals surface area (Å²) in [5.41, 5.74) is 2.59. The maximum absolute atomic E-state index is 5.53. The van der Waals surface area contributed by atoms with E-state index in [0.29, 0.717) is 0 Å². The molecular formula is C13H21NO. The van der Waals surface area contributed by atoms with Gasteiger partial charge in [-0.3, -0.25) is 0 Å². The summed E-state index contributed by atoms with van der Waals surface area (Å²) in [5.74, 6) is 0. The van der Waals surface area contributed by atoms with Crippen LogP contribution < -0.4 is 4.90 Å². The van der Waals surface area contributed by atoms with Crippen molar-refractivity contribution in [1.82, 2.24) is 0 Å². The Kier molecular flexibility index (Phi) is 4.63. The second-order valence-electron chi connectivity index (χ2n) is 3.93. The molecule has 0 aliphatic carbocycles. The molecule has 2 nitrogen and oxygen atoms in total. The molecule has 15 heavy (non-hydrogen) atoms. The highest BCUT2D eigenvalue weighted by molar-refractivity contribution is 5.52. The van der Waals surface area contributed by atoms with Gasteiger partial charge >= 0.3 is 0 Å². The van der Waals surface area contributed by atoms with Gasteiger partial charge in [-0.05, 0) is 32.4 Å². The number of ether oxygens (including phenoxy) is 1. The van der Waals surface area contributed by atoms with Gasteiger partial charge in [-0.15, -0.1) is 0 Å². The van der Waals surface area contributed by atoms with Crippen LogP contribution in [0.3, 0.4) is 0 Å². The molecule has 0 amide bonds. The van der Waals surface area contributed by atoms with Crippen LogP contribution in [0.1, 0.15) is 19.4 Å². The second-order valence-corrected chi connectivity index (χ2v) is 3.93. The molecule has 1 unspecified atom stereocenters. The van der Waals surface area contributed by atoms with Crippen LogP contribution >= 0.6 is 0 Å².